The molecule has 0 radical (unpaired) electrons. The van der Waals surface area contributed by atoms with E-state index in [1.54, 1.807) is 22.3 Å². The second-order valence-electron chi connectivity index (χ2n) is 23.9. The first-order chi connectivity index (χ1) is 34.9. The van der Waals surface area contributed by atoms with Gasteiger partial charge >= 0.3 is 0 Å². The second kappa shape index (κ2) is 15.0. The van der Waals surface area contributed by atoms with Gasteiger partial charge in [-0.25, -0.2) is 0 Å². The van der Waals surface area contributed by atoms with E-state index in [9.17, 15) is 0 Å². The van der Waals surface area contributed by atoms with E-state index in [2.05, 4.69) is 205 Å². The van der Waals surface area contributed by atoms with Crippen LogP contribution in [0.2, 0.25) is 0 Å². The number of anilines is 3. The second-order valence-corrected chi connectivity index (χ2v) is 23.9. The molecule has 0 amide bonds. The van der Waals surface area contributed by atoms with E-state index in [4.69, 9.17) is 0 Å². The van der Waals surface area contributed by atoms with Crippen molar-refractivity contribution in [1.82, 2.24) is 4.57 Å². The van der Waals surface area contributed by atoms with Gasteiger partial charge in [-0.1, -0.05) is 123 Å². The standard InChI is InChI=1S/C69H62N2/c1-42-29-44-31-43(2)68(49(30-42)33-44)62-19-11-9-17-56(62)58-25-21-48(39-64(58)68)47-22-27-66-60(38-47)61-40-54(24-28-67(61)71(66)53-15-7-4-8-16-53)70(52-13-5-3-6-14-52)55-23-26-59-57-18-10-12-20-63(57)69(65(59)41-55)50-34-45-32-46(36-50)37-51(69)35-45/h3-28,38-46,49-51H,29-37H2,1-2H3/t42-,43+,44?,45?,46?,49?,50?,51?,68-,69?/m1/s1. The predicted molar refractivity (Wildman–Crippen MR) is 294 cm³/mol. The van der Waals surface area contributed by atoms with Crippen molar-refractivity contribution in [3.63, 3.8) is 0 Å². The molecule has 0 N–H and O–H groups in total. The smallest absolute Gasteiger partial charge is 0.0542 e. The highest BCUT2D eigenvalue weighted by Gasteiger charge is 2.62. The summed E-state index contributed by atoms with van der Waals surface area (Å²) in [6.45, 7) is 5.12. The molecule has 8 aliphatic rings. The van der Waals surface area contributed by atoms with E-state index >= 15 is 0 Å². The monoisotopic (exact) mass is 918 g/mol. The van der Waals surface area contributed by atoms with Crippen LogP contribution in [0.25, 0.3) is 60.9 Å². The predicted octanol–water partition coefficient (Wildman–Crippen LogP) is 18.0. The topological polar surface area (TPSA) is 8.17 Å². The van der Waals surface area contributed by atoms with Crippen molar-refractivity contribution in [2.45, 2.75) is 82.5 Å². The zero-order valence-electron chi connectivity index (χ0n) is 41.2. The van der Waals surface area contributed by atoms with Crippen LogP contribution in [0.1, 0.15) is 93.9 Å². The lowest BCUT2D eigenvalue weighted by molar-refractivity contribution is -0.0399. The minimum absolute atomic E-state index is 0.0620. The van der Waals surface area contributed by atoms with Crippen molar-refractivity contribution in [3.05, 3.63) is 204 Å². The number of rotatable bonds is 5. The molecule has 8 aliphatic carbocycles. The molecule has 71 heavy (non-hydrogen) atoms. The highest BCUT2D eigenvalue weighted by Crippen LogP contribution is 2.70. The van der Waals surface area contributed by atoms with Gasteiger partial charge in [-0.3, -0.25) is 0 Å². The summed E-state index contributed by atoms with van der Waals surface area (Å²) in [7, 11) is 0. The Bertz CT molecular complexity index is 3600. The molecule has 1 aromatic heterocycles. The average Bonchev–Trinajstić information content (AvgIpc) is 4.00. The fourth-order valence-corrected chi connectivity index (χ4v) is 18.4. The van der Waals surface area contributed by atoms with Gasteiger partial charge in [-0.2, -0.15) is 0 Å². The maximum atomic E-state index is 2.65. The van der Waals surface area contributed by atoms with Gasteiger partial charge in [0.05, 0.1) is 11.0 Å². The van der Waals surface area contributed by atoms with Gasteiger partial charge in [0.1, 0.15) is 0 Å². The molecule has 6 fully saturated rings. The molecule has 8 aromatic carbocycles. The first kappa shape index (κ1) is 41.0. The fraction of sp³-hybridized carbons (Fsp3) is 0.304. The zero-order valence-corrected chi connectivity index (χ0v) is 41.2. The number of nitrogens with zero attached hydrogens (tertiary/aromatic N) is 2. The fourth-order valence-electron chi connectivity index (χ4n) is 18.4. The molecule has 2 nitrogen and oxygen atoms in total. The number of hydrogen-bond acceptors (Lipinski definition) is 1. The summed E-state index contributed by atoms with van der Waals surface area (Å²) in [6.07, 6.45) is 12.4. The third-order valence-electron chi connectivity index (χ3n) is 20.4. The Kier molecular flexibility index (Phi) is 8.64. The number of aromatic nitrogens is 1. The minimum Gasteiger partial charge on any atom is -0.310 e. The van der Waals surface area contributed by atoms with E-state index in [1.165, 1.54) is 136 Å². The molecule has 6 bridgehead atoms. The summed E-state index contributed by atoms with van der Waals surface area (Å²) >= 11 is 0. The summed E-state index contributed by atoms with van der Waals surface area (Å²) < 4.78 is 2.49. The summed E-state index contributed by atoms with van der Waals surface area (Å²) in [6, 6.07) is 71.0. The highest BCUT2D eigenvalue weighted by molar-refractivity contribution is 6.12. The molecule has 9 aromatic rings. The SMILES string of the molecule is C[C@@H]1CC2CC(C1)[C@@]1(c3ccccc3-c3ccc(-c4ccc5c(c4)c4cc(N(c6ccccc6)c6ccc7c(c6)C6(c8ccccc8-7)C7CC8CC(C7)CC6C8)ccc4n5-c4ccccc4)cc31)[C@@H](C)C2. The number of para-hydroxylation sites is 2. The molecule has 5 atom stereocenters. The van der Waals surface area contributed by atoms with Gasteiger partial charge in [0.15, 0.2) is 0 Å². The molecular formula is C69H62N2. The number of fused-ring (bicyclic) bond motifs is 14. The summed E-state index contributed by atoms with van der Waals surface area (Å²) in [5.41, 5.74) is 22.4. The van der Waals surface area contributed by atoms with Crippen molar-refractivity contribution in [3.8, 4) is 39.1 Å². The molecule has 2 unspecified atom stereocenters. The van der Waals surface area contributed by atoms with Crippen LogP contribution < -0.4 is 4.90 Å². The lowest BCUT2D eigenvalue weighted by atomic mass is 9.43. The van der Waals surface area contributed by atoms with Crippen molar-refractivity contribution >= 4 is 38.9 Å². The Morgan fingerprint density at radius 1 is 0.380 bits per heavy atom. The zero-order chi connectivity index (χ0) is 46.7. The molecule has 2 heteroatoms. The minimum atomic E-state index is 0.0620. The van der Waals surface area contributed by atoms with Crippen molar-refractivity contribution < 1.29 is 0 Å². The van der Waals surface area contributed by atoms with Crippen LogP contribution in [0, 0.1) is 47.3 Å². The molecule has 17 rings (SSSR count). The van der Waals surface area contributed by atoms with E-state index in [-0.39, 0.29) is 10.8 Å². The Morgan fingerprint density at radius 2 is 0.887 bits per heavy atom. The lowest BCUT2D eigenvalue weighted by Crippen LogP contribution is -2.55. The normalized spacial score (nSPS) is 29.2. The average molecular weight is 919 g/mol. The molecule has 0 saturated heterocycles. The van der Waals surface area contributed by atoms with Crippen LogP contribution >= 0.6 is 0 Å². The van der Waals surface area contributed by atoms with E-state index < -0.39 is 0 Å². The van der Waals surface area contributed by atoms with E-state index in [0.29, 0.717) is 11.8 Å². The van der Waals surface area contributed by atoms with Crippen LogP contribution in [-0.2, 0) is 10.8 Å². The Hall–Kier alpha value is -6.64. The Balaban J connectivity index is 0.876. The van der Waals surface area contributed by atoms with Gasteiger partial charge in [0.25, 0.3) is 0 Å². The molecule has 2 spiro atoms. The number of benzene rings is 8. The quantitative estimate of drug-likeness (QED) is 0.167. The maximum absolute atomic E-state index is 2.65. The molecule has 1 heterocycles. The molecule has 0 aliphatic heterocycles. The van der Waals surface area contributed by atoms with Gasteiger partial charge in [-0.05, 0) is 234 Å². The lowest BCUT2D eigenvalue weighted by Gasteiger charge is -2.61. The van der Waals surface area contributed by atoms with Crippen molar-refractivity contribution in [1.29, 1.82) is 0 Å². The van der Waals surface area contributed by atoms with E-state index in [0.717, 1.165) is 35.5 Å². The first-order valence-electron chi connectivity index (χ1n) is 27.4. The molecule has 6 saturated carbocycles. The number of hydrogen-bond donors (Lipinski definition) is 0. The third kappa shape index (κ3) is 5.55. The molecule has 348 valence electrons. The summed E-state index contributed by atoms with van der Waals surface area (Å²) in [5.74, 6) is 6.18. The van der Waals surface area contributed by atoms with Crippen LogP contribution in [0.4, 0.5) is 17.1 Å². The maximum Gasteiger partial charge on any atom is 0.0542 e. The van der Waals surface area contributed by atoms with Crippen LogP contribution in [-0.4, -0.2) is 4.57 Å². The molecular weight excluding hydrogens is 857 g/mol. The van der Waals surface area contributed by atoms with Gasteiger partial charge in [0, 0.05) is 44.4 Å². The van der Waals surface area contributed by atoms with Crippen LogP contribution in [0.5, 0.6) is 0 Å². The Labute approximate surface area is 419 Å². The summed E-state index contributed by atoms with van der Waals surface area (Å²) in [5, 5.41) is 2.57. The van der Waals surface area contributed by atoms with Gasteiger partial charge in [-0.15, -0.1) is 0 Å². The van der Waals surface area contributed by atoms with Crippen LogP contribution in [0.3, 0.4) is 0 Å². The Morgan fingerprint density at radius 3 is 1.61 bits per heavy atom. The van der Waals surface area contributed by atoms with Crippen LogP contribution in [0.15, 0.2) is 182 Å². The first-order valence-corrected chi connectivity index (χ1v) is 27.4. The van der Waals surface area contributed by atoms with Gasteiger partial charge < -0.3 is 9.47 Å². The van der Waals surface area contributed by atoms with Crippen molar-refractivity contribution in [2.75, 3.05) is 4.90 Å². The third-order valence-corrected chi connectivity index (χ3v) is 20.4. The van der Waals surface area contributed by atoms with Gasteiger partial charge in [0.2, 0.25) is 0 Å². The highest BCUT2D eigenvalue weighted by atomic mass is 15.1. The summed E-state index contributed by atoms with van der Waals surface area (Å²) in [4.78, 5) is 2.56. The van der Waals surface area contributed by atoms with E-state index in [1.807, 2.05) is 0 Å². The van der Waals surface area contributed by atoms with Crippen molar-refractivity contribution in [2.24, 2.45) is 47.3 Å². The largest absolute Gasteiger partial charge is 0.310 e.